The van der Waals surface area contributed by atoms with Crippen molar-refractivity contribution >= 4 is 23.0 Å². The third-order valence-electron chi connectivity index (χ3n) is 4.18. The van der Waals surface area contributed by atoms with Crippen LogP contribution in [0.3, 0.4) is 0 Å². The van der Waals surface area contributed by atoms with Gasteiger partial charge in [-0.3, -0.25) is 15.3 Å². The summed E-state index contributed by atoms with van der Waals surface area (Å²) in [5, 5.41) is 8.87. The molecule has 0 saturated carbocycles. The molecule has 0 aliphatic carbocycles. The predicted molar refractivity (Wildman–Crippen MR) is 100 cm³/mol. The number of nitrogens with one attached hydrogen (secondary N) is 1. The fourth-order valence-corrected chi connectivity index (χ4v) is 3.29. The minimum atomic E-state index is 0.0336. The van der Waals surface area contributed by atoms with E-state index in [1.54, 1.807) is 0 Å². The zero-order chi connectivity index (χ0) is 16.4. The van der Waals surface area contributed by atoms with E-state index in [-0.39, 0.29) is 6.17 Å². The Hall–Kier alpha value is -2.49. The smallest absolute Gasteiger partial charge is 0.127 e. The third kappa shape index (κ3) is 2.84. The number of hydrazine groups is 1. The van der Waals surface area contributed by atoms with Crippen LogP contribution < -0.4 is 15.3 Å². The zero-order valence-electron chi connectivity index (χ0n) is 13.1. The molecular formula is C20H18ClN3. The molecule has 1 aliphatic rings. The molecule has 1 saturated heterocycles. The van der Waals surface area contributed by atoms with Crippen LogP contribution in [0.1, 0.15) is 11.7 Å². The molecule has 0 aromatic heterocycles. The lowest BCUT2D eigenvalue weighted by atomic mass is 10.1. The molecule has 1 atom stereocenters. The molecule has 1 aliphatic heterocycles. The van der Waals surface area contributed by atoms with Gasteiger partial charge in [-0.25, -0.2) is 0 Å². The normalized spacial score (nSPS) is 17.3. The highest BCUT2D eigenvalue weighted by molar-refractivity contribution is 6.30. The molecule has 3 aromatic rings. The standard InChI is InChI=1S/C20H18ClN3/c21-17-9-7-8-16(14-17)20-22-15-23(18-10-3-1-4-11-18)24(20)19-12-5-2-6-13-19/h1-14,20,22H,15H2. The second-order valence-corrected chi connectivity index (χ2v) is 6.17. The minimum Gasteiger partial charge on any atom is -0.273 e. The number of rotatable bonds is 3. The highest BCUT2D eigenvalue weighted by Gasteiger charge is 2.32. The van der Waals surface area contributed by atoms with Gasteiger partial charge in [0.15, 0.2) is 0 Å². The molecule has 3 aromatic carbocycles. The Morgan fingerprint density at radius 3 is 2.12 bits per heavy atom. The second kappa shape index (κ2) is 6.56. The summed E-state index contributed by atoms with van der Waals surface area (Å²) in [6.45, 7) is 0.732. The first kappa shape index (κ1) is 15.1. The van der Waals surface area contributed by atoms with E-state index < -0.39 is 0 Å². The van der Waals surface area contributed by atoms with E-state index >= 15 is 0 Å². The summed E-state index contributed by atoms with van der Waals surface area (Å²) < 4.78 is 0. The predicted octanol–water partition coefficient (Wildman–Crippen LogP) is 4.83. The van der Waals surface area contributed by atoms with E-state index in [9.17, 15) is 0 Å². The minimum absolute atomic E-state index is 0.0336. The van der Waals surface area contributed by atoms with Gasteiger partial charge in [0.05, 0.1) is 18.0 Å². The Labute approximate surface area is 147 Å². The number of hydrogen-bond acceptors (Lipinski definition) is 3. The van der Waals surface area contributed by atoms with E-state index in [4.69, 9.17) is 11.6 Å². The molecule has 0 amide bonds. The van der Waals surface area contributed by atoms with Crippen molar-refractivity contribution in [1.29, 1.82) is 0 Å². The van der Waals surface area contributed by atoms with Gasteiger partial charge in [0, 0.05) is 5.02 Å². The molecule has 4 heteroatoms. The Morgan fingerprint density at radius 2 is 1.46 bits per heavy atom. The number of halogens is 1. The Bertz CT molecular complexity index is 807. The molecule has 1 N–H and O–H groups in total. The lowest BCUT2D eigenvalue weighted by molar-refractivity contribution is 0.643. The SMILES string of the molecule is Clc1cccc(C2NCN(c3ccccc3)N2c2ccccc2)c1. The summed E-state index contributed by atoms with van der Waals surface area (Å²) in [4.78, 5) is 0. The van der Waals surface area contributed by atoms with Crippen LogP contribution >= 0.6 is 11.6 Å². The maximum absolute atomic E-state index is 6.21. The number of hydrogen-bond donors (Lipinski definition) is 1. The van der Waals surface area contributed by atoms with Crippen molar-refractivity contribution in [2.75, 3.05) is 16.7 Å². The van der Waals surface area contributed by atoms with Crippen molar-refractivity contribution in [3.8, 4) is 0 Å². The fourth-order valence-electron chi connectivity index (χ4n) is 3.10. The van der Waals surface area contributed by atoms with Gasteiger partial charge in [0.2, 0.25) is 0 Å². The van der Waals surface area contributed by atoms with Crippen molar-refractivity contribution in [2.24, 2.45) is 0 Å². The van der Waals surface area contributed by atoms with E-state index in [0.717, 1.165) is 28.6 Å². The van der Waals surface area contributed by atoms with Crippen molar-refractivity contribution in [2.45, 2.75) is 6.17 Å². The molecular weight excluding hydrogens is 318 g/mol. The van der Waals surface area contributed by atoms with Crippen LogP contribution in [0, 0.1) is 0 Å². The van der Waals surface area contributed by atoms with E-state index in [1.165, 1.54) is 0 Å². The van der Waals surface area contributed by atoms with Crippen LogP contribution in [-0.4, -0.2) is 6.67 Å². The average molecular weight is 336 g/mol. The van der Waals surface area contributed by atoms with Crippen molar-refractivity contribution in [1.82, 2.24) is 5.32 Å². The van der Waals surface area contributed by atoms with Crippen molar-refractivity contribution < 1.29 is 0 Å². The van der Waals surface area contributed by atoms with Gasteiger partial charge in [-0.1, -0.05) is 60.1 Å². The summed E-state index contributed by atoms with van der Waals surface area (Å²) >= 11 is 6.21. The lowest BCUT2D eigenvalue weighted by Crippen LogP contribution is -2.38. The van der Waals surface area contributed by atoms with Crippen LogP contribution in [0.15, 0.2) is 84.9 Å². The van der Waals surface area contributed by atoms with Crippen LogP contribution in [0.2, 0.25) is 5.02 Å². The van der Waals surface area contributed by atoms with Crippen LogP contribution in [0.4, 0.5) is 11.4 Å². The lowest BCUT2D eigenvalue weighted by Gasteiger charge is -2.34. The molecule has 120 valence electrons. The van der Waals surface area contributed by atoms with Gasteiger partial charge < -0.3 is 0 Å². The van der Waals surface area contributed by atoms with Crippen LogP contribution in [0.25, 0.3) is 0 Å². The highest BCUT2D eigenvalue weighted by Crippen LogP contribution is 2.34. The van der Waals surface area contributed by atoms with E-state index in [2.05, 4.69) is 69.9 Å². The molecule has 1 fully saturated rings. The van der Waals surface area contributed by atoms with Gasteiger partial charge in [0.1, 0.15) is 6.17 Å². The van der Waals surface area contributed by atoms with Gasteiger partial charge in [-0.2, -0.15) is 0 Å². The van der Waals surface area contributed by atoms with Crippen molar-refractivity contribution in [3.63, 3.8) is 0 Å². The van der Waals surface area contributed by atoms with Gasteiger partial charge >= 0.3 is 0 Å². The van der Waals surface area contributed by atoms with Gasteiger partial charge in [-0.15, -0.1) is 0 Å². The molecule has 1 heterocycles. The first-order valence-electron chi connectivity index (χ1n) is 7.98. The summed E-state index contributed by atoms with van der Waals surface area (Å²) in [6, 6.07) is 28.8. The maximum Gasteiger partial charge on any atom is 0.127 e. The van der Waals surface area contributed by atoms with Crippen LogP contribution in [0.5, 0.6) is 0 Å². The molecule has 3 nitrogen and oxygen atoms in total. The molecule has 1 unspecified atom stereocenters. The van der Waals surface area contributed by atoms with E-state index in [0.29, 0.717) is 0 Å². The first-order valence-corrected chi connectivity index (χ1v) is 8.36. The molecule has 24 heavy (non-hydrogen) atoms. The zero-order valence-corrected chi connectivity index (χ0v) is 13.9. The third-order valence-corrected chi connectivity index (χ3v) is 4.41. The second-order valence-electron chi connectivity index (χ2n) is 5.73. The summed E-state index contributed by atoms with van der Waals surface area (Å²) in [7, 11) is 0. The Morgan fingerprint density at radius 1 is 0.792 bits per heavy atom. The maximum atomic E-state index is 6.21. The monoisotopic (exact) mass is 335 g/mol. The molecule has 0 radical (unpaired) electrons. The van der Waals surface area contributed by atoms with Gasteiger partial charge in [-0.05, 0) is 42.0 Å². The van der Waals surface area contributed by atoms with Crippen molar-refractivity contribution in [3.05, 3.63) is 95.5 Å². The quantitative estimate of drug-likeness (QED) is 0.739. The molecule has 4 rings (SSSR count). The Kier molecular flexibility index (Phi) is 4.11. The highest BCUT2D eigenvalue weighted by atomic mass is 35.5. The first-order chi connectivity index (χ1) is 11.8. The summed E-state index contributed by atoms with van der Waals surface area (Å²) in [5.74, 6) is 0. The number of benzene rings is 3. The Balaban J connectivity index is 1.77. The van der Waals surface area contributed by atoms with E-state index in [1.807, 2.05) is 30.3 Å². The average Bonchev–Trinajstić information content (AvgIpc) is 3.08. The number of para-hydroxylation sites is 2. The molecule has 0 bridgehead atoms. The number of nitrogens with zero attached hydrogens (tertiary/aromatic N) is 2. The van der Waals surface area contributed by atoms with Crippen LogP contribution in [-0.2, 0) is 0 Å². The number of anilines is 2. The summed E-state index contributed by atoms with van der Waals surface area (Å²) in [5.41, 5.74) is 3.43. The fraction of sp³-hybridized carbons (Fsp3) is 0.100. The topological polar surface area (TPSA) is 18.5 Å². The molecule has 0 spiro atoms. The summed E-state index contributed by atoms with van der Waals surface area (Å²) in [6.07, 6.45) is 0.0336. The largest absolute Gasteiger partial charge is 0.273 e. The van der Waals surface area contributed by atoms with Gasteiger partial charge in [0.25, 0.3) is 0 Å².